The van der Waals surface area contributed by atoms with Crippen LogP contribution in [0.2, 0.25) is 5.02 Å². The summed E-state index contributed by atoms with van der Waals surface area (Å²) >= 11 is 6.26. The monoisotopic (exact) mass is 451 g/mol. The molecule has 0 aliphatic carbocycles. The minimum Gasteiger partial charge on any atom is -0.481 e. The van der Waals surface area contributed by atoms with E-state index in [1.54, 1.807) is 39.0 Å². The highest BCUT2D eigenvalue weighted by Crippen LogP contribution is 2.38. The molecular weight excluding hydrogens is 421 g/mol. The molecule has 1 fully saturated rings. The number of hydrogen-bond donors (Lipinski definition) is 2. The van der Waals surface area contributed by atoms with Crippen molar-refractivity contribution in [2.24, 2.45) is 0 Å². The van der Waals surface area contributed by atoms with Crippen molar-refractivity contribution in [2.45, 2.75) is 71.7 Å². The van der Waals surface area contributed by atoms with E-state index < -0.39 is 36.0 Å². The predicted molar refractivity (Wildman–Crippen MR) is 121 cm³/mol. The second-order valence-electron chi connectivity index (χ2n) is 9.58. The number of amides is 1. The summed E-state index contributed by atoms with van der Waals surface area (Å²) in [5.41, 5.74) is 0.208. The highest BCUT2D eigenvalue weighted by molar-refractivity contribution is 6.56. The van der Waals surface area contributed by atoms with Gasteiger partial charge in [0.25, 0.3) is 0 Å². The van der Waals surface area contributed by atoms with Gasteiger partial charge < -0.3 is 24.5 Å². The van der Waals surface area contributed by atoms with Crippen LogP contribution in [0.25, 0.3) is 6.08 Å². The SMILES string of the molecule is CC(C)(C)OC(=O)NCC(=Cc1ccc(CC(=O)O)c(Cl)c1)B1OC(C)(C)C(C)(C)O1. The largest absolute Gasteiger partial charge is 0.492 e. The van der Waals surface area contributed by atoms with Gasteiger partial charge in [0, 0.05) is 11.6 Å². The number of rotatable bonds is 6. The maximum atomic E-state index is 12.2. The van der Waals surface area contributed by atoms with E-state index in [9.17, 15) is 9.59 Å². The summed E-state index contributed by atoms with van der Waals surface area (Å²) in [6.45, 7) is 13.3. The summed E-state index contributed by atoms with van der Waals surface area (Å²) in [5.74, 6) is -0.954. The Hall–Kier alpha value is -2.03. The molecule has 1 saturated heterocycles. The van der Waals surface area contributed by atoms with E-state index in [1.807, 2.05) is 33.8 Å². The first-order chi connectivity index (χ1) is 14.1. The van der Waals surface area contributed by atoms with Crippen LogP contribution >= 0.6 is 11.6 Å². The number of benzene rings is 1. The van der Waals surface area contributed by atoms with Crippen molar-refractivity contribution in [3.05, 3.63) is 39.8 Å². The molecule has 1 aromatic carbocycles. The fraction of sp³-hybridized carbons (Fsp3) is 0.545. The number of aliphatic carboxylic acids is 1. The van der Waals surface area contributed by atoms with E-state index in [-0.39, 0.29) is 13.0 Å². The molecule has 1 heterocycles. The fourth-order valence-electron chi connectivity index (χ4n) is 2.86. The second-order valence-corrected chi connectivity index (χ2v) is 9.99. The van der Waals surface area contributed by atoms with Gasteiger partial charge in [0.15, 0.2) is 0 Å². The lowest BCUT2D eigenvalue weighted by Gasteiger charge is -2.32. The van der Waals surface area contributed by atoms with Crippen molar-refractivity contribution in [1.82, 2.24) is 5.32 Å². The zero-order valence-corrected chi connectivity index (χ0v) is 19.9. The van der Waals surface area contributed by atoms with E-state index in [4.69, 9.17) is 30.8 Å². The maximum absolute atomic E-state index is 12.2. The first-order valence-corrected chi connectivity index (χ1v) is 10.5. The minimum atomic E-state index is -0.954. The molecule has 2 rings (SSSR count). The summed E-state index contributed by atoms with van der Waals surface area (Å²) in [5, 5.41) is 12.1. The molecular formula is C22H31BClNO6. The summed E-state index contributed by atoms with van der Waals surface area (Å²) in [6.07, 6.45) is 1.10. The van der Waals surface area contributed by atoms with Crippen LogP contribution in [0.3, 0.4) is 0 Å². The Labute approximate surface area is 189 Å². The predicted octanol–water partition coefficient (Wildman–Crippen LogP) is 4.51. The van der Waals surface area contributed by atoms with Crippen LogP contribution in [-0.4, -0.2) is 47.6 Å². The van der Waals surface area contributed by atoms with Crippen molar-refractivity contribution in [2.75, 3.05) is 6.54 Å². The third-order valence-electron chi connectivity index (χ3n) is 5.16. The van der Waals surface area contributed by atoms with Gasteiger partial charge in [-0.15, -0.1) is 0 Å². The van der Waals surface area contributed by atoms with Crippen molar-refractivity contribution in [3.63, 3.8) is 0 Å². The fourth-order valence-corrected chi connectivity index (χ4v) is 3.11. The third-order valence-corrected chi connectivity index (χ3v) is 5.51. The Morgan fingerprint density at radius 1 is 1.19 bits per heavy atom. The summed E-state index contributed by atoms with van der Waals surface area (Å²) in [7, 11) is -0.683. The van der Waals surface area contributed by atoms with Gasteiger partial charge >= 0.3 is 19.2 Å². The number of halogens is 1. The number of carbonyl (C=O) groups excluding carboxylic acids is 1. The van der Waals surface area contributed by atoms with Crippen LogP contribution < -0.4 is 5.32 Å². The number of hydrogen-bond acceptors (Lipinski definition) is 5. The molecule has 1 aliphatic heterocycles. The van der Waals surface area contributed by atoms with Gasteiger partial charge in [-0.2, -0.15) is 0 Å². The number of carbonyl (C=O) groups is 2. The summed E-state index contributed by atoms with van der Waals surface area (Å²) in [4.78, 5) is 23.1. The van der Waals surface area contributed by atoms with Gasteiger partial charge in [-0.1, -0.05) is 29.8 Å². The molecule has 0 aromatic heterocycles. The van der Waals surface area contributed by atoms with Gasteiger partial charge in [-0.05, 0) is 71.1 Å². The molecule has 0 spiro atoms. The topological polar surface area (TPSA) is 94.1 Å². The highest BCUT2D eigenvalue weighted by Gasteiger charge is 2.52. The molecule has 0 bridgehead atoms. The Morgan fingerprint density at radius 2 is 1.77 bits per heavy atom. The second kappa shape index (κ2) is 9.22. The van der Waals surface area contributed by atoms with Crippen LogP contribution in [-0.2, 0) is 25.3 Å². The lowest BCUT2D eigenvalue weighted by Crippen LogP contribution is -2.41. The van der Waals surface area contributed by atoms with E-state index in [2.05, 4.69) is 5.32 Å². The normalized spacial score (nSPS) is 18.1. The van der Waals surface area contributed by atoms with Crippen LogP contribution in [0.5, 0.6) is 0 Å². The zero-order valence-electron chi connectivity index (χ0n) is 19.2. The molecule has 0 saturated carbocycles. The summed E-state index contributed by atoms with van der Waals surface area (Å²) < 4.78 is 17.6. The quantitative estimate of drug-likeness (QED) is 0.618. The van der Waals surface area contributed by atoms with Crippen molar-refractivity contribution in [3.8, 4) is 0 Å². The Kier molecular flexibility index (Phi) is 7.51. The van der Waals surface area contributed by atoms with Crippen LogP contribution in [0.4, 0.5) is 4.79 Å². The van der Waals surface area contributed by atoms with E-state index in [0.29, 0.717) is 16.1 Å². The molecule has 170 valence electrons. The van der Waals surface area contributed by atoms with Gasteiger partial charge in [0.05, 0.1) is 17.6 Å². The molecule has 1 amide bonds. The number of carboxylic acid groups (broad SMARTS) is 1. The molecule has 2 N–H and O–H groups in total. The Bertz CT molecular complexity index is 859. The molecule has 31 heavy (non-hydrogen) atoms. The smallest absolute Gasteiger partial charge is 0.481 e. The number of nitrogens with one attached hydrogen (secondary N) is 1. The van der Waals surface area contributed by atoms with Crippen LogP contribution in [0.15, 0.2) is 23.7 Å². The van der Waals surface area contributed by atoms with E-state index in [0.717, 1.165) is 5.56 Å². The van der Waals surface area contributed by atoms with Crippen molar-refractivity contribution >= 4 is 36.9 Å². The lowest BCUT2D eigenvalue weighted by molar-refractivity contribution is -0.136. The number of alkyl carbamates (subject to hydrolysis) is 1. The van der Waals surface area contributed by atoms with Crippen molar-refractivity contribution < 1.29 is 28.7 Å². The molecule has 0 radical (unpaired) electrons. The van der Waals surface area contributed by atoms with Gasteiger partial charge in [-0.25, -0.2) is 4.79 Å². The first-order valence-electron chi connectivity index (χ1n) is 10.1. The van der Waals surface area contributed by atoms with Gasteiger partial charge in [0.1, 0.15) is 5.60 Å². The van der Waals surface area contributed by atoms with E-state index in [1.165, 1.54) is 0 Å². The first kappa shape index (κ1) is 25.2. The van der Waals surface area contributed by atoms with E-state index >= 15 is 0 Å². The Morgan fingerprint density at radius 3 is 2.26 bits per heavy atom. The summed E-state index contributed by atoms with van der Waals surface area (Å²) in [6, 6.07) is 5.12. The highest BCUT2D eigenvalue weighted by atomic mass is 35.5. The number of ether oxygens (including phenoxy) is 1. The number of carboxylic acids is 1. The van der Waals surface area contributed by atoms with Gasteiger partial charge in [0.2, 0.25) is 0 Å². The molecule has 1 aliphatic rings. The average molecular weight is 452 g/mol. The van der Waals surface area contributed by atoms with Crippen LogP contribution in [0, 0.1) is 0 Å². The zero-order chi connectivity index (χ0) is 23.6. The standard InChI is InChI=1S/C22H31BClNO6/c1-20(2,3)29-19(28)25-13-16(23-30-21(4,5)22(6,7)31-23)10-14-8-9-15(12-18(26)27)17(24)11-14/h8-11H,12-13H2,1-7H3,(H,25,28)(H,26,27). The molecule has 9 heteroatoms. The molecule has 0 unspecified atom stereocenters. The average Bonchev–Trinajstić information content (AvgIpc) is 2.79. The Balaban J connectivity index is 2.30. The van der Waals surface area contributed by atoms with Crippen LogP contribution in [0.1, 0.15) is 59.6 Å². The molecule has 7 nitrogen and oxygen atoms in total. The van der Waals surface area contributed by atoms with Crippen molar-refractivity contribution in [1.29, 1.82) is 0 Å². The lowest BCUT2D eigenvalue weighted by atomic mass is 9.77. The van der Waals surface area contributed by atoms with Gasteiger partial charge in [-0.3, -0.25) is 4.79 Å². The molecule has 0 atom stereocenters. The maximum Gasteiger partial charge on any atom is 0.492 e. The molecule has 1 aromatic rings. The third kappa shape index (κ3) is 6.99. The minimum absolute atomic E-state index is 0.139.